The van der Waals surface area contributed by atoms with Gasteiger partial charge in [0.15, 0.2) is 0 Å². The fraction of sp³-hybridized carbons (Fsp3) is 0.0826. The molecule has 0 spiro atoms. The summed E-state index contributed by atoms with van der Waals surface area (Å²) in [6, 6.07) is 138. The lowest BCUT2D eigenvalue weighted by molar-refractivity contribution is 0.660. The third kappa shape index (κ3) is 11.3. The molecule has 0 fully saturated rings. The Balaban J connectivity index is 0.000000142. The number of furan rings is 1. The SMILES string of the molecule is CC1(C)c2cc(-c3ccc4sc5ccccc5c4c3)ccc2-c2ccc(N(c3ccc(-c4ccc(-c5ccccc5)cc4)cc3)c3cccc4ccccc34)cc21.CC1(C)c2ccccc2-c2ccc(-c3ccc(N(c4ccccc4)c4ccc5c(c4)C(C)(C)c4cc(-c6ccc7oc8ccccc8c7c6)ccc4-5)cc3)cc21. The van der Waals surface area contributed by atoms with Crippen LogP contribution in [0.5, 0.6) is 0 Å². The third-order valence-electron chi connectivity index (χ3n) is 24.8. The Morgan fingerprint density at radius 1 is 0.212 bits per heavy atom. The van der Waals surface area contributed by atoms with E-state index in [-0.39, 0.29) is 16.2 Å². The van der Waals surface area contributed by atoms with Crippen LogP contribution in [-0.4, -0.2) is 0 Å². The van der Waals surface area contributed by atoms with Crippen molar-refractivity contribution in [3.05, 3.63) is 409 Å². The summed E-state index contributed by atoms with van der Waals surface area (Å²) in [6.07, 6.45) is 0. The maximum atomic E-state index is 6.14. The summed E-state index contributed by atoms with van der Waals surface area (Å²) in [7, 11) is 0. The maximum Gasteiger partial charge on any atom is 0.135 e. The maximum absolute atomic E-state index is 6.14. The molecule has 0 saturated carbocycles. The van der Waals surface area contributed by atoms with E-state index in [9.17, 15) is 0 Å². The van der Waals surface area contributed by atoms with Crippen LogP contribution in [0.4, 0.5) is 34.1 Å². The van der Waals surface area contributed by atoms with E-state index in [1.165, 1.54) is 159 Å². The molecule has 113 heavy (non-hydrogen) atoms. The Morgan fingerprint density at radius 3 is 1.19 bits per heavy atom. The van der Waals surface area contributed by atoms with E-state index in [1.807, 2.05) is 23.5 Å². The van der Waals surface area contributed by atoms with Crippen molar-refractivity contribution in [2.24, 2.45) is 0 Å². The van der Waals surface area contributed by atoms with E-state index >= 15 is 0 Å². The number of benzene rings is 17. The lowest BCUT2D eigenvalue weighted by atomic mass is 9.81. The zero-order valence-electron chi connectivity index (χ0n) is 64.0. The summed E-state index contributed by atoms with van der Waals surface area (Å²) in [4.78, 5) is 4.83. The molecule has 0 atom stereocenters. The van der Waals surface area contributed by atoms with Crippen LogP contribution in [-0.2, 0) is 16.2 Å². The first-order valence-corrected chi connectivity index (χ1v) is 40.2. The molecule has 3 aliphatic carbocycles. The van der Waals surface area contributed by atoms with E-state index < -0.39 is 0 Å². The molecule has 0 bridgehead atoms. The zero-order valence-corrected chi connectivity index (χ0v) is 64.8. The molecule has 0 unspecified atom stereocenters. The predicted octanol–water partition coefficient (Wildman–Crippen LogP) is 31.0. The van der Waals surface area contributed by atoms with Gasteiger partial charge in [-0.25, -0.2) is 0 Å². The molecule has 4 heteroatoms. The Hall–Kier alpha value is -13.4. The number of fused-ring (bicyclic) bond motifs is 16. The molecule has 0 amide bonds. The first-order valence-electron chi connectivity index (χ1n) is 39.4. The second-order valence-corrected chi connectivity index (χ2v) is 33.4. The van der Waals surface area contributed by atoms with Gasteiger partial charge < -0.3 is 14.2 Å². The fourth-order valence-corrected chi connectivity index (χ4v) is 19.8. The Bertz CT molecular complexity index is 6990. The number of anilines is 6. The van der Waals surface area contributed by atoms with Crippen molar-refractivity contribution < 1.29 is 4.42 Å². The molecule has 0 saturated heterocycles. The first-order chi connectivity index (χ1) is 55.2. The highest BCUT2D eigenvalue weighted by Crippen LogP contribution is 2.56. The highest BCUT2D eigenvalue weighted by atomic mass is 32.1. The summed E-state index contributed by atoms with van der Waals surface area (Å²) in [6.45, 7) is 14.2. The highest BCUT2D eigenvalue weighted by molar-refractivity contribution is 7.25. The lowest BCUT2D eigenvalue weighted by Crippen LogP contribution is -2.16. The largest absolute Gasteiger partial charge is 0.456 e. The van der Waals surface area contributed by atoms with Crippen LogP contribution in [0.3, 0.4) is 0 Å². The Labute approximate surface area is 664 Å². The molecule has 19 aromatic rings. The van der Waals surface area contributed by atoms with Crippen LogP contribution in [0.2, 0.25) is 0 Å². The normalized spacial score (nSPS) is 13.6. The van der Waals surface area contributed by atoms with Gasteiger partial charge in [0.25, 0.3) is 0 Å². The molecule has 2 aromatic heterocycles. The van der Waals surface area contributed by atoms with E-state index in [2.05, 4.69) is 415 Å². The first kappa shape index (κ1) is 67.7. The fourth-order valence-electron chi connectivity index (χ4n) is 18.7. The van der Waals surface area contributed by atoms with Crippen molar-refractivity contribution in [1.29, 1.82) is 0 Å². The topological polar surface area (TPSA) is 19.6 Å². The molecule has 17 aromatic carbocycles. The van der Waals surface area contributed by atoms with Gasteiger partial charge in [-0.15, -0.1) is 11.3 Å². The second-order valence-electron chi connectivity index (χ2n) is 32.3. The number of nitrogens with zero attached hydrogens (tertiary/aromatic N) is 2. The van der Waals surface area contributed by atoms with E-state index in [4.69, 9.17) is 4.42 Å². The van der Waals surface area contributed by atoms with E-state index in [0.717, 1.165) is 50.4 Å². The molecule has 0 N–H and O–H groups in total. The number of para-hydroxylation sites is 2. The van der Waals surface area contributed by atoms with Crippen molar-refractivity contribution >= 4 is 98.3 Å². The predicted molar refractivity (Wildman–Crippen MR) is 480 cm³/mol. The summed E-state index contributed by atoms with van der Waals surface area (Å²) in [5.74, 6) is 0. The number of hydrogen-bond acceptors (Lipinski definition) is 4. The van der Waals surface area contributed by atoms with Gasteiger partial charge in [0, 0.05) is 81.0 Å². The third-order valence-corrected chi connectivity index (χ3v) is 25.9. The molecule has 2 heterocycles. The van der Waals surface area contributed by atoms with Crippen LogP contribution in [0, 0.1) is 0 Å². The summed E-state index contributed by atoms with van der Waals surface area (Å²) < 4.78 is 8.82. The van der Waals surface area contributed by atoms with E-state index in [0.29, 0.717) is 0 Å². The highest BCUT2D eigenvalue weighted by Gasteiger charge is 2.39. The smallest absolute Gasteiger partial charge is 0.135 e. The molecular weight excluding hydrogens is 1390 g/mol. The minimum atomic E-state index is -0.184. The van der Waals surface area contributed by atoms with Crippen LogP contribution >= 0.6 is 11.3 Å². The zero-order chi connectivity index (χ0) is 75.8. The summed E-state index contributed by atoms with van der Waals surface area (Å²) >= 11 is 1.87. The quantitative estimate of drug-likeness (QED) is 0.129. The van der Waals surface area contributed by atoms with Crippen molar-refractivity contribution in [3.63, 3.8) is 0 Å². The molecule has 0 radical (unpaired) electrons. The van der Waals surface area contributed by atoms with Crippen molar-refractivity contribution in [2.75, 3.05) is 9.80 Å². The average Bonchev–Trinajstić information content (AvgIpc) is 1.66. The van der Waals surface area contributed by atoms with Crippen molar-refractivity contribution in [1.82, 2.24) is 0 Å². The number of thiophene rings is 1. The van der Waals surface area contributed by atoms with Gasteiger partial charge in [-0.1, -0.05) is 296 Å². The van der Waals surface area contributed by atoms with E-state index in [1.54, 1.807) is 0 Å². The standard InChI is InChI=1S/C55H39NS.C54H41NO/c1-55(2)50-34-42(41-26-32-54-49(33-41)48-16-8-9-18-53(48)57-54)25-30-46(50)47-31-29-44(35-51(47)55)56(52-17-10-14-40-13-6-7-15-45(40)52)43-27-23-39(24-28-43)38-21-19-37(20-22-38)36-11-4-3-5-12-36;1-53(2)47-16-10-8-14-41(47)42-26-20-36(31-48(42)53)34-18-23-39(24-19-34)55(38-12-6-5-7-13-38)40-25-28-44-43-27-21-37(32-49(43)54(3,4)50(44)33-40)35-22-29-52-46(30-35)45-15-9-11-17-51(45)56-52/h3-35H,1-2H3;5-33H,1-4H3. The lowest BCUT2D eigenvalue weighted by Gasteiger charge is -2.29. The van der Waals surface area contributed by atoms with Crippen LogP contribution < -0.4 is 9.80 Å². The van der Waals surface area contributed by atoms with Crippen molar-refractivity contribution in [3.8, 4) is 89.0 Å². The van der Waals surface area contributed by atoms with Gasteiger partial charge in [-0.3, -0.25) is 0 Å². The number of rotatable bonds is 11. The van der Waals surface area contributed by atoms with Gasteiger partial charge >= 0.3 is 0 Å². The minimum Gasteiger partial charge on any atom is -0.456 e. The molecular formula is C109H80N2OS. The van der Waals surface area contributed by atoms with Gasteiger partial charge in [-0.2, -0.15) is 0 Å². The Morgan fingerprint density at radius 2 is 0.575 bits per heavy atom. The van der Waals surface area contributed by atoms with Gasteiger partial charge in [0.2, 0.25) is 0 Å². The van der Waals surface area contributed by atoms with Gasteiger partial charge in [0.05, 0.1) is 5.69 Å². The molecule has 22 rings (SSSR count). The van der Waals surface area contributed by atoms with Crippen LogP contribution in [0.15, 0.2) is 381 Å². The Kier molecular flexibility index (Phi) is 15.8. The second kappa shape index (κ2) is 26.4. The van der Waals surface area contributed by atoms with Gasteiger partial charge in [0.1, 0.15) is 11.2 Å². The van der Waals surface area contributed by atoms with Crippen LogP contribution in [0.25, 0.3) is 142 Å². The number of hydrogen-bond donors (Lipinski definition) is 0. The minimum absolute atomic E-state index is 0.0293. The molecule has 538 valence electrons. The van der Waals surface area contributed by atoms with Crippen molar-refractivity contribution in [2.45, 2.75) is 57.8 Å². The molecule has 3 aliphatic rings. The van der Waals surface area contributed by atoms with Crippen LogP contribution in [0.1, 0.15) is 74.9 Å². The molecule has 0 aliphatic heterocycles. The summed E-state index contributed by atoms with van der Waals surface area (Å²) in [5, 5.41) is 7.44. The molecule has 3 nitrogen and oxygen atoms in total. The van der Waals surface area contributed by atoms with Gasteiger partial charge in [-0.05, 0) is 249 Å². The average molecular weight is 1470 g/mol. The monoisotopic (exact) mass is 1460 g/mol. The summed E-state index contributed by atoms with van der Waals surface area (Å²) in [5.41, 5.74) is 36.8.